The maximum absolute atomic E-state index is 13.1. The lowest BCUT2D eigenvalue weighted by Gasteiger charge is -2.48. The first-order chi connectivity index (χ1) is 15.0. The number of carbonyl (C=O) groups excluding carboxylic acids is 2. The Hall–Kier alpha value is -1.92. The molecule has 1 N–H and O–H groups in total. The molecule has 1 heterocycles. The molecule has 3 unspecified atom stereocenters. The third-order valence-corrected chi connectivity index (χ3v) is 7.74. The van der Waals surface area contributed by atoms with E-state index in [0.29, 0.717) is 25.0 Å². The third kappa shape index (κ3) is 4.96. The summed E-state index contributed by atoms with van der Waals surface area (Å²) in [5, 5.41) is 3.30. The molecule has 1 aromatic carbocycles. The number of esters is 1. The van der Waals surface area contributed by atoms with Crippen LogP contribution < -0.4 is 5.32 Å². The van der Waals surface area contributed by atoms with Crippen LogP contribution in [0.25, 0.3) is 0 Å². The van der Waals surface area contributed by atoms with Crippen LogP contribution in [0, 0.1) is 17.3 Å². The Morgan fingerprint density at radius 3 is 2.77 bits per heavy atom. The van der Waals surface area contributed by atoms with Crippen LogP contribution in [-0.4, -0.2) is 55.7 Å². The molecule has 5 atom stereocenters. The summed E-state index contributed by atoms with van der Waals surface area (Å²) in [6, 6.07) is 10.5. The second-order valence-corrected chi connectivity index (χ2v) is 9.67. The summed E-state index contributed by atoms with van der Waals surface area (Å²) in [7, 11) is 1.49. The number of hydrogen-bond acceptors (Lipinski definition) is 5. The van der Waals surface area contributed by atoms with E-state index in [1.54, 1.807) is 0 Å². The van der Waals surface area contributed by atoms with Crippen molar-refractivity contribution in [1.82, 2.24) is 10.2 Å². The molecule has 6 heteroatoms. The van der Waals surface area contributed by atoms with E-state index in [0.717, 1.165) is 51.6 Å². The average Bonchev–Trinajstić information content (AvgIpc) is 2.81. The smallest absolute Gasteiger partial charge is 0.311 e. The molecule has 170 valence electrons. The normalized spacial score (nSPS) is 33.5. The predicted octanol–water partition coefficient (Wildman–Crippen LogP) is 3.15. The molecule has 0 radical (unpaired) electrons. The summed E-state index contributed by atoms with van der Waals surface area (Å²) < 4.78 is 11.0. The van der Waals surface area contributed by atoms with Crippen LogP contribution in [0.3, 0.4) is 0 Å². The highest BCUT2D eigenvalue weighted by Crippen LogP contribution is 2.51. The van der Waals surface area contributed by atoms with Gasteiger partial charge in [0.05, 0.1) is 19.1 Å². The van der Waals surface area contributed by atoms with Gasteiger partial charge >= 0.3 is 5.97 Å². The van der Waals surface area contributed by atoms with E-state index < -0.39 is 6.10 Å². The lowest BCUT2D eigenvalue weighted by atomic mass is 9.58. The Balaban J connectivity index is 1.36. The van der Waals surface area contributed by atoms with E-state index in [9.17, 15) is 9.59 Å². The molecule has 0 spiro atoms. The lowest BCUT2D eigenvalue weighted by molar-refractivity contribution is -0.159. The van der Waals surface area contributed by atoms with Crippen molar-refractivity contribution in [3.63, 3.8) is 0 Å². The minimum absolute atomic E-state index is 0.00745. The van der Waals surface area contributed by atoms with Crippen molar-refractivity contribution < 1.29 is 19.1 Å². The van der Waals surface area contributed by atoms with Crippen LogP contribution in [0.5, 0.6) is 0 Å². The zero-order chi connectivity index (χ0) is 21.8. The van der Waals surface area contributed by atoms with E-state index in [2.05, 4.69) is 29.3 Å². The first-order valence-electron chi connectivity index (χ1n) is 11.8. The molecule has 31 heavy (non-hydrogen) atoms. The van der Waals surface area contributed by atoms with Gasteiger partial charge in [-0.25, -0.2) is 0 Å². The summed E-state index contributed by atoms with van der Waals surface area (Å²) in [6.07, 6.45) is 5.24. The van der Waals surface area contributed by atoms with E-state index in [1.165, 1.54) is 12.7 Å². The zero-order valence-electron chi connectivity index (χ0n) is 18.8. The summed E-state index contributed by atoms with van der Waals surface area (Å²) in [5.74, 6) is 0.800. The van der Waals surface area contributed by atoms with Crippen molar-refractivity contribution in [1.29, 1.82) is 0 Å². The van der Waals surface area contributed by atoms with Gasteiger partial charge in [-0.15, -0.1) is 0 Å². The topological polar surface area (TPSA) is 67.9 Å². The minimum atomic E-state index is -0.435. The molecule has 2 bridgehead atoms. The van der Waals surface area contributed by atoms with Gasteiger partial charge in [0.1, 0.15) is 6.10 Å². The van der Waals surface area contributed by atoms with E-state index in [1.807, 2.05) is 18.2 Å². The van der Waals surface area contributed by atoms with Crippen molar-refractivity contribution in [3.05, 3.63) is 35.9 Å². The maximum atomic E-state index is 13.1. The number of amides is 1. The number of carbonyl (C=O) groups is 2. The number of rotatable bonds is 6. The standard InChI is InChI=1S/C25H36N2O4/c1-3-25(24(29)30-2)14-19-9-10-21(20(13-19)15-25)26-23(28)22-17-27(11-12-31-22)16-18-7-5-4-6-8-18/h4-8,19-22H,3,9-17H2,1-2H3,(H,26,28)/t19?,20?,21?,22-,25-/m1/s1. The van der Waals surface area contributed by atoms with Gasteiger partial charge in [0.25, 0.3) is 5.91 Å². The number of fused-ring (bicyclic) bond motifs is 2. The summed E-state index contributed by atoms with van der Waals surface area (Å²) in [4.78, 5) is 28.0. The third-order valence-electron chi connectivity index (χ3n) is 7.74. The van der Waals surface area contributed by atoms with Crippen molar-refractivity contribution in [2.45, 2.75) is 64.1 Å². The van der Waals surface area contributed by atoms with E-state index >= 15 is 0 Å². The molecule has 1 aromatic rings. The molecule has 0 aromatic heterocycles. The average molecular weight is 429 g/mol. The molecular weight excluding hydrogens is 392 g/mol. The van der Waals surface area contributed by atoms with Crippen LogP contribution in [0.1, 0.15) is 51.0 Å². The first-order valence-corrected chi connectivity index (χ1v) is 11.8. The van der Waals surface area contributed by atoms with Crippen LogP contribution in [0.15, 0.2) is 30.3 Å². The SMILES string of the molecule is CC[C@@]1(C(=O)OC)CC2CCC(NC(=O)[C@H]3CN(Cc4ccccc4)CCO3)C(C2)C1. The van der Waals surface area contributed by atoms with Crippen molar-refractivity contribution in [3.8, 4) is 0 Å². The van der Waals surface area contributed by atoms with Crippen molar-refractivity contribution >= 4 is 11.9 Å². The van der Waals surface area contributed by atoms with Gasteiger partial charge in [0.15, 0.2) is 0 Å². The Morgan fingerprint density at radius 2 is 2.03 bits per heavy atom. The Labute approximate surface area is 185 Å². The second kappa shape index (κ2) is 9.70. The van der Waals surface area contributed by atoms with Crippen molar-refractivity contribution in [2.24, 2.45) is 17.3 Å². The van der Waals surface area contributed by atoms with E-state index in [-0.39, 0.29) is 23.3 Å². The second-order valence-electron chi connectivity index (χ2n) is 9.67. The zero-order valence-corrected chi connectivity index (χ0v) is 18.8. The van der Waals surface area contributed by atoms with Crippen LogP contribution in [-0.2, 0) is 25.6 Å². The number of nitrogens with zero attached hydrogens (tertiary/aromatic N) is 1. The highest BCUT2D eigenvalue weighted by Gasteiger charge is 2.49. The monoisotopic (exact) mass is 428 g/mol. The molecule has 1 amide bonds. The van der Waals surface area contributed by atoms with Gasteiger partial charge in [-0.2, -0.15) is 0 Å². The maximum Gasteiger partial charge on any atom is 0.311 e. The number of nitrogens with one attached hydrogen (secondary N) is 1. The molecule has 4 rings (SSSR count). The number of ether oxygens (including phenoxy) is 2. The largest absolute Gasteiger partial charge is 0.469 e. The highest BCUT2D eigenvalue weighted by molar-refractivity contribution is 5.81. The quantitative estimate of drug-likeness (QED) is 0.705. The van der Waals surface area contributed by atoms with Gasteiger partial charge in [0.2, 0.25) is 0 Å². The number of morpholine rings is 1. The van der Waals surface area contributed by atoms with Crippen LogP contribution >= 0.6 is 0 Å². The predicted molar refractivity (Wildman–Crippen MR) is 118 cm³/mol. The van der Waals surface area contributed by atoms with Crippen LogP contribution in [0.4, 0.5) is 0 Å². The lowest BCUT2D eigenvalue weighted by Crippen LogP contribution is -2.55. The molecule has 2 aliphatic carbocycles. The Kier molecular flexibility index (Phi) is 6.97. The molecule has 6 nitrogen and oxygen atoms in total. The summed E-state index contributed by atoms with van der Waals surface area (Å²) in [6.45, 7) is 4.94. The highest BCUT2D eigenvalue weighted by atomic mass is 16.5. The van der Waals surface area contributed by atoms with Gasteiger partial charge in [-0.1, -0.05) is 37.3 Å². The number of methoxy groups -OCH3 is 1. The molecular formula is C25H36N2O4. The molecule has 1 saturated heterocycles. The minimum Gasteiger partial charge on any atom is -0.469 e. The Bertz CT molecular complexity index is 770. The number of hydrogen-bond donors (Lipinski definition) is 1. The fourth-order valence-corrected chi connectivity index (χ4v) is 6.04. The molecule has 3 aliphatic rings. The summed E-state index contributed by atoms with van der Waals surface area (Å²) >= 11 is 0. The first kappa shape index (κ1) is 22.3. The Morgan fingerprint density at radius 1 is 1.23 bits per heavy atom. The number of benzene rings is 1. The van der Waals surface area contributed by atoms with Gasteiger partial charge in [0, 0.05) is 25.7 Å². The van der Waals surface area contributed by atoms with E-state index in [4.69, 9.17) is 9.47 Å². The van der Waals surface area contributed by atoms with Gasteiger partial charge in [-0.3, -0.25) is 14.5 Å². The fourth-order valence-electron chi connectivity index (χ4n) is 6.04. The van der Waals surface area contributed by atoms with Gasteiger partial charge in [-0.05, 0) is 55.9 Å². The van der Waals surface area contributed by atoms with Crippen molar-refractivity contribution in [2.75, 3.05) is 26.8 Å². The fraction of sp³-hybridized carbons (Fsp3) is 0.680. The summed E-state index contributed by atoms with van der Waals surface area (Å²) in [5.41, 5.74) is 0.863. The molecule has 1 aliphatic heterocycles. The molecule has 3 fully saturated rings. The molecule has 2 saturated carbocycles. The van der Waals surface area contributed by atoms with Gasteiger partial charge < -0.3 is 14.8 Å². The van der Waals surface area contributed by atoms with Crippen LogP contribution in [0.2, 0.25) is 0 Å².